The van der Waals surface area contributed by atoms with Gasteiger partial charge in [-0.25, -0.2) is 18.1 Å². The molecule has 0 radical (unpaired) electrons. The summed E-state index contributed by atoms with van der Waals surface area (Å²) in [6, 6.07) is 4.62. The van der Waals surface area contributed by atoms with E-state index in [9.17, 15) is 8.42 Å². The number of nitrogens with two attached hydrogens (primary N) is 2. The molecule has 7 nitrogen and oxygen atoms in total. The van der Waals surface area contributed by atoms with Crippen molar-refractivity contribution in [3.8, 4) is 0 Å². The van der Waals surface area contributed by atoms with Gasteiger partial charge in [-0.3, -0.25) is 0 Å². The molecule has 1 heterocycles. The molecule has 2 atom stereocenters. The molecule has 1 aromatic carbocycles. The number of halogens is 1. The number of hydrogen-bond acceptors (Lipinski definition) is 4. The number of nitrogens with zero attached hydrogens (tertiary/aromatic N) is 2. The van der Waals surface area contributed by atoms with Gasteiger partial charge in [0.2, 0.25) is 10.0 Å². The predicted molar refractivity (Wildman–Crippen MR) is 104 cm³/mol. The first-order chi connectivity index (χ1) is 12.3. The minimum atomic E-state index is -3.67. The maximum atomic E-state index is 12.9. The lowest BCUT2D eigenvalue weighted by molar-refractivity contribution is 0.310. The number of guanidine groups is 1. The van der Waals surface area contributed by atoms with Crippen molar-refractivity contribution >= 4 is 44.2 Å². The molecule has 3 rings (SSSR count). The van der Waals surface area contributed by atoms with E-state index in [1.165, 1.54) is 18.3 Å². The Morgan fingerprint density at radius 2 is 2.00 bits per heavy atom. The van der Waals surface area contributed by atoms with Crippen molar-refractivity contribution in [2.75, 3.05) is 0 Å². The van der Waals surface area contributed by atoms with Gasteiger partial charge in [0.15, 0.2) is 11.8 Å². The van der Waals surface area contributed by atoms with E-state index in [1.807, 2.05) is 0 Å². The highest BCUT2D eigenvalue weighted by molar-refractivity contribution is 7.89. The first-order valence-electron chi connectivity index (χ1n) is 8.48. The summed E-state index contributed by atoms with van der Waals surface area (Å²) in [6.07, 6.45) is 5.48. The standard InChI is InChI=1S/C17H22ClN5O2S/c1-10-4-2-3-5-15(10)23-26(24,25)11-6-7-12-13(8-11)16(22-17(19)20)21-9-14(12)18/h6-10,15,23H,2-5H2,1H3,(H4,19,20,21,22)/t10-,15+/m1/s1. The highest BCUT2D eigenvalue weighted by Crippen LogP contribution is 2.32. The Balaban J connectivity index is 2.03. The van der Waals surface area contributed by atoms with Crippen LogP contribution in [0.3, 0.4) is 0 Å². The third kappa shape index (κ3) is 3.92. The van der Waals surface area contributed by atoms with E-state index in [-0.39, 0.29) is 22.7 Å². The molecule has 2 aromatic rings. The van der Waals surface area contributed by atoms with E-state index in [2.05, 4.69) is 21.6 Å². The molecule has 1 fully saturated rings. The lowest BCUT2D eigenvalue weighted by atomic mass is 9.87. The molecule has 1 aliphatic carbocycles. The van der Waals surface area contributed by atoms with Gasteiger partial charge in [0.25, 0.3) is 0 Å². The highest BCUT2D eigenvalue weighted by Gasteiger charge is 2.27. The van der Waals surface area contributed by atoms with Crippen LogP contribution < -0.4 is 16.2 Å². The van der Waals surface area contributed by atoms with Gasteiger partial charge < -0.3 is 11.5 Å². The second-order valence-electron chi connectivity index (χ2n) is 6.66. The molecular weight excluding hydrogens is 374 g/mol. The first kappa shape index (κ1) is 18.9. The second-order valence-corrected chi connectivity index (χ2v) is 8.78. The summed E-state index contributed by atoms with van der Waals surface area (Å²) in [6.45, 7) is 2.08. The minimum Gasteiger partial charge on any atom is -0.370 e. The van der Waals surface area contributed by atoms with Gasteiger partial charge in [0.1, 0.15) is 0 Å². The average Bonchev–Trinajstić information content (AvgIpc) is 2.59. The summed E-state index contributed by atoms with van der Waals surface area (Å²) in [7, 11) is -3.67. The second kappa shape index (κ2) is 7.38. The van der Waals surface area contributed by atoms with Crippen molar-refractivity contribution < 1.29 is 8.42 Å². The molecule has 1 aliphatic rings. The van der Waals surface area contributed by atoms with Gasteiger partial charge in [-0.15, -0.1) is 0 Å². The Morgan fingerprint density at radius 3 is 2.69 bits per heavy atom. The summed E-state index contributed by atoms with van der Waals surface area (Å²) in [4.78, 5) is 8.21. The van der Waals surface area contributed by atoms with Crippen LogP contribution >= 0.6 is 11.6 Å². The van der Waals surface area contributed by atoms with Crippen LogP contribution in [0.15, 0.2) is 34.3 Å². The molecule has 140 valence electrons. The van der Waals surface area contributed by atoms with Crippen LogP contribution in [0.25, 0.3) is 10.8 Å². The first-order valence-corrected chi connectivity index (χ1v) is 10.3. The molecule has 26 heavy (non-hydrogen) atoms. The average molecular weight is 396 g/mol. The van der Waals surface area contributed by atoms with Gasteiger partial charge in [-0.05, 0) is 30.9 Å². The van der Waals surface area contributed by atoms with E-state index in [0.717, 1.165) is 25.7 Å². The third-order valence-electron chi connectivity index (χ3n) is 4.75. The number of hydrogen-bond donors (Lipinski definition) is 3. The lowest BCUT2D eigenvalue weighted by Gasteiger charge is -2.29. The number of nitrogens with one attached hydrogen (secondary N) is 1. The lowest BCUT2D eigenvalue weighted by Crippen LogP contribution is -2.40. The Hall–Kier alpha value is -1.90. The quantitative estimate of drug-likeness (QED) is 0.542. The van der Waals surface area contributed by atoms with Gasteiger partial charge in [0, 0.05) is 23.0 Å². The number of aromatic nitrogens is 1. The monoisotopic (exact) mass is 395 g/mol. The minimum absolute atomic E-state index is 0.0564. The van der Waals surface area contributed by atoms with Crippen LogP contribution in [-0.4, -0.2) is 25.4 Å². The normalized spacial score (nSPS) is 20.8. The van der Waals surface area contributed by atoms with Crippen molar-refractivity contribution in [1.82, 2.24) is 9.71 Å². The molecule has 1 saturated carbocycles. The topological polar surface area (TPSA) is 123 Å². The zero-order valence-corrected chi connectivity index (χ0v) is 16.0. The largest absolute Gasteiger partial charge is 0.370 e. The van der Waals surface area contributed by atoms with Crippen molar-refractivity contribution in [3.63, 3.8) is 0 Å². The zero-order valence-electron chi connectivity index (χ0n) is 14.4. The van der Waals surface area contributed by atoms with Crippen LogP contribution in [0.2, 0.25) is 5.02 Å². The van der Waals surface area contributed by atoms with Gasteiger partial charge >= 0.3 is 0 Å². The van der Waals surface area contributed by atoms with Crippen LogP contribution in [0.1, 0.15) is 32.6 Å². The fourth-order valence-electron chi connectivity index (χ4n) is 3.31. The molecule has 1 aromatic heterocycles. The van der Waals surface area contributed by atoms with Crippen molar-refractivity contribution in [3.05, 3.63) is 29.4 Å². The molecule has 0 bridgehead atoms. The number of aliphatic imine (C=N–C) groups is 1. The molecular formula is C17H22ClN5O2S. The van der Waals surface area contributed by atoms with Gasteiger partial charge in [0.05, 0.1) is 9.92 Å². The smallest absolute Gasteiger partial charge is 0.240 e. The Bertz CT molecular complexity index is 957. The Kier molecular flexibility index (Phi) is 5.36. The van der Waals surface area contributed by atoms with Crippen LogP contribution in [0.4, 0.5) is 5.82 Å². The number of sulfonamides is 1. The van der Waals surface area contributed by atoms with Crippen molar-refractivity contribution in [1.29, 1.82) is 0 Å². The van der Waals surface area contributed by atoms with E-state index < -0.39 is 10.0 Å². The highest BCUT2D eigenvalue weighted by atomic mass is 35.5. The Labute approximate surface area is 157 Å². The van der Waals surface area contributed by atoms with E-state index in [1.54, 1.807) is 6.07 Å². The molecule has 0 amide bonds. The number of fused-ring (bicyclic) bond motifs is 1. The summed E-state index contributed by atoms with van der Waals surface area (Å²) < 4.78 is 28.6. The maximum Gasteiger partial charge on any atom is 0.240 e. The zero-order chi connectivity index (χ0) is 18.9. The van der Waals surface area contributed by atoms with Crippen LogP contribution in [-0.2, 0) is 10.0 Å². The molecule has 5 N–H and O–H groups in total. The molecule has 0 spiro atoms. The SMILES string of the molecule is C[C@@H]1CCCC[C@@H]1NS(=O)(=O)c1ccc2c(Cl)cnc(N=C(N)N)c2c1. The van der Waals surface area contributed by atoms with E-state index in [0.29, 0.717) is 21.7 Å². The summed E-state index contributed by atoms with van der Waals surface area (Å²) in [5, 5.41) is 1.50. The van der Waals surface area contributed by atoms with Crippen molar-refractivity contribution in [2.45, 2.75) is 43.5 Å². The third-order valence-corrected chi connectivity index (χ3v) is 6.54. The summed E-state index contributed by atoms with van der Waals surface area (Å²) >= 11 is 6.17. The van der Waals surface area contributed by atoms with Crippen LogP contribution in [0.5, 0.6) is 0 Å². The predicted octanol–water partition coefficient (Wildman–Crippen LogP) is 2.65. The number of pyridine rings is 1. The maximum absolute atomic E-state index is 12.9. The number of benzene rings is 1. The van der Waals surface area contributed by atoms with Crippen molar-refractivity contribution in [2.24, 2.45) is 22.4 Å². The van der Waals surface area contributed by atoms with Gasteiger partial charge in [-0.1, -0.05) is 37.4 Å². The fourth-order valence-corrected chi connectivity index (χ4v) is 4.93. The van der Waals surface area contributed by atoms with E-state index in [4.69, 9.17) is 23.1 Å². The molecule has 9 heteroatoms. The van der Waals surface area contributed by atoms with Crippen LogP contribution in [0, 0.1) is 5.92 Å². The van der Waals surface area contributed by atoms with E-state index >= 15 is 0 Å². The van der Waals surface area contributed by atoms with Gasteiger partial charge in [-0.2, -0.15) is 4.99 Å². The molecule has 0 saturated heterocycles. The Morgan fingerprint density at radius 1 is 1.27 bits per heavy atom. The number of rotatable bonds is 4. The molecule has 0 unspecified atom stereocenters. The fraction of sp³-hybridized carbons (Fsp3) is 0.412. The molecule has 0 aliphatic heterocycles. The summed E-state index contributed by atoms with van der Waals surface area (Å²) in [5.74, 6) is 0.378. The summed E-state index contributed by atoms with van der Waals surface area (Å²) in [5.41, 5.74) is 10.9.